The summed E-state index contributed by atoms with van der Waals surface area (Å²) in [7, 11) is 0. The van der Waals surface area contributed by atoms with Crippen LogP contribution in [0, 0.1) is 5.92 Å². The van der Waals surface area contributed by atoms with Crippen LogP contribution >= 0.6 is 0 Å². The number of carbonyl (C=O) groups excluding carboxylic acids is 1. The topological polar surface area (TPSA) is 50.4 Å². The van der Waals surface area contributed by atoms with E-state index < -0.39 is 0 Å². The molecule has 2 amide bonds. The summed E-state index contributed by atoms with van der Waals surface area (Å²) in [6.45, 7) is 0.793. The molecule has 5 rings (SSSR count). The smallest absolute Gasteiger partial charge is 0.315 e. The summed E-state index contributed by atoms with van der Waals surface area (Å²) in [6, 6.07) is 9.03. The molecular formula is C19H24N2O2. The van der Waals surface area contributed by atoms with E-state index in [0.717, 1.165) is 25.8 Å². The largest absolute Gasteiger partial charge is 0.373 e. The number of amides is 2. The first-order valence-electron chi connectivity index (χ1n) is 9.03. The highest BCUT2D eigenvalue weighted by atomic mass is 16.5. The number of benzene rings is 1. The summed E-state index contributed by atoms with van der Waals surface area (Å²) in [5.74, 6) is 0.605. The molecule has 1 aromatic rings. The molecule has 3 fully saturated rings. The molecular weight excluding hydrogens is 288 g/mol. The van der Waals surface area contributed by atoms with Crippen molar-refractivity contribution < 1.29 is 9.53 Å². The SMILES string of the molecule is O=C(NC[C@@H]1C[C@@]12CCc1ccccc12)N[C@@H]1C[C@H]2CC[C@H]1O2. The van der Waals surface area contributed by atoms with Crippen molar-refractivity contribution in [1.29, 1.82) is 0 Å². The number of hydrogen-bond acceptors (Lipinski definition) is 2. The highest BCUT2D eigenvalue weighted by Gasteiger charge is 2.57. The van der Waals surface area contributed by atoms with Crippen LogP contribution in [0.2, 0.25) is 0 Å². The lowest BCUT2D eigenvalue weighted by Crippen LogP contribution is -2.47. The molecule has 4 nitrogen and oxygen atoms in total. The Morgan fingerprint density at radius 1 is 1.30 bits per heavy atom. The molecule has 1 aromatic carbocycles. The first kappa shape index (κ1) is 13.8. The van der Waals surface area contributed by atoms with Gasteiger partial charge in [0.15, 0.2) is 0 Å². The molecule has 2 aliphatic heterocycles. The number of carbonyl (C=O) groups is 1. The lowest BCUT2D eigenvalue weighted by Gasteiger charge is -2.20. The molecule has 0 unspecified atom stereocenters. The van der Waals surface area contributed by atoms with Gasteiger partial charge in [-0.1, -0.05) is 24.3 Å². The molecule has 1 saturated carbocycles. The number of hydrogen-bond donors (Lipinski definition) is 2. The Labute approximate surface area is 137 Å². The third-order valence-electron chi connectivity index (χ3n) is 6.56. The standard InChI is InChI=1S/C19H24N2O2/c22-18(21-16-9-14-5-6-17(16)23-14)20-11-13-10-19(13)8-7-12-3-1-2-4-15(12)19/h1-4,13-14,16-17H,5-11H2,(H2,20,21,22)/t13-,14+,16+,17+,19-/m0/s1. The van der Waals surface area contributed by atoms with Crippen molar-refractivity contribution in [2.24, 2.45) is 5.92 Å². The monoisotopic (exact) mass is 312 g/mol. The van der Waals surface area contributed by atoms with Crippen LogP contribution in [0.3, 0.4) is 0 Å². The Hall–Kier alpha value is -1.55. The minimum absolute atomic E-state index is 0.0144. The second-order valence-corrected chi connectivity index (χ2v) is 7.78. The van der Waals surface area contributed by atoms with Gasteiger partial charge in [0.05, 0.1) is 18.2 Å². The summed E-state index contributed by atoms with van der Waals surface area (Å²) in [4.78, 5) is 12.2. The van der Waals surface area contributed by atoms with Crippen LogP contribution in [0.25, 0.3) is 0 Å². The molecule has 2 N–H and O–H groups in total. The van der Waals surface area contributed by atoms with Gasteiger partial charge in [-0.25, -0.2) is 4.79 Å². The third kappa shape index (κ3) is 2.18. The summed E-state index contributed by atoms with van der Waals surface area (Å²) >= 11 is 0. The molecule has 2 heterocycles. The molecule has 2 saturated heterocycles. The number of fused-ring (bicyclic) bond motifs is 4. The molecule has 4 aliphatic rings. The fourth-order valence-electron chi connectivity index (χ4n) is 5.23. The van der Waals surface area contributed by atoms with Crippen molar-refractivity contribution in [3.8, 4) is 0 Å². The summed E-state index contributed by atoms with van der Waals surface area (Å²) < 4.78 is 5.80. The van der Waals surface area contributed by atoms with Crippen molar-refractivity contribution in [2.75, 3.05) is 6.54 Å². The van der Waals surface area contributed by atoms with Crippen molar-refractivity contribution in [2.45, 2.75) is 62.2 Å². The Morgan fingerprint density at radius 3 is 3.04 bits per heavy atom. The van der Waals surface area contributed by atoms with Gasteiger partial charge in [-0.15, -0.1) is 0 Å². The van der Waals surface area contributed by atoms with Gasteiger partial charge < -0.3 is 15.4 Å². The maximum absolute atomic E-state index is 12.2. The van der Waals surface area contributed by atoms with Crippen LogP contribution in [0.15, 0.2) is 24.3 Å². The molecule has 4 heteroatoms. The summed E-state index contributed by atoms with van der Waals surface area (Å²) in [5, 5.41) is 6.22. The van der Waals surface area contributed by atoms with E-state index in [4.69, 9.17) is 4.74 Å². The Kier molecular flexibility index (Phi) is 2.99. The minimum Gasteiger partial charge on any atom is -0.373 e. The van der Waals surface area contributed by atoms with E-state index in [2.05, 4.69) is 34.9 Å². The molecule has 2 bridgehead atoms. The molecule has 1 spiro atoms. The van der Waals surface area contributed by atoms with Gasteiger partial charge in [0, 0.05) is 12.0 Å². The van der Waals surface area contributed by atoms with Gasteiger partial charge in [0.25, 0.3) is 0 Å². The second kappa shape index (κ2) is 4.97. The Morgan fingerprint density at radius 2 is 2.22 bits per heavy atom. The zero-order valence-electron chi connectivity index (χ0n) is 13.4. The quantitative estimate of drug-likeness (QED) is 0.901. The zero-order chi connectivity index (χ0) is 15.4. The Balaban J connectivity index is 1.15. The number of nitrogens with one attached hydrogen (secondary N) is 2. The first-order chi connectivity index (χ1) is 11.2. The predicted octanol–water partition coefficient (Wildman–Crippen LogP) is 2.51. The fraction of sp³-hybridized carbons (Fsp3) is 0.632. The molecule has 122 valence electrons. The van der Waals surface area contributed by atoms with Crippen molar-refractivity contribution in [3.05, 3.63) is 35.4 Å². The van der Waals surface area contributed by atoms with Crippen molar-refractivity contribution in [3.63, 3.8) is 0 Å². The van der Waals surface area contributed by atoms with Gasteiger partial charge in [-0.05, 0) is 55.6 Å². The molecule has 0 aromatic heterocycles. The summed E-state index contributed by atoms with van der Waals surface area (Å²) in [6.07, 6.45) is 7.54. The number of rotatable bonds is 3. The van der Waals surface area contributed by atoms with E-state index in [1.165, 1.54) is 30.4 Å². The summed E-state index contributed by atoms with van der Waals surface area (Å²) in [5.41, 5.74) is 3.41. The van der Waals surface area contributed by atoms with Crippen LogP contribution in [0.1, 0.15) is 43.2 Å². The highest BCUT2D eigenvalue weighted by molar-refractivity contribution is 5.74. The second-order valence-electron chi connectivity index (χ2n) is 7.78. The van der Waals surface area contributed by atoms with Crippen LogP contribution in [0.5, 0.6) is 0 Å². The lowest BCUT2D eigenvalue weighted by atomic mass is 9.95. The van der Waals surface area contributed by atoms with E-state index in [1.54, 1.807) is 0 Å². The van der Waals surface area contributed by atoms with Crippen LogP contribution < -0.4 is 10.6 Å². The molecule has 0 radical (unpaired) electrons. The molecule has 23 heavy (non-hydrogen) atoms. The number of aryl methyl sites for hydroxylation is 1. The maximum atomic E-state index is 12.2. The maximum Gasteiger partial charge on any atom is 0.315 e. The molecule has 5 atom stereocenters. The van der Waals surface area contributed by atoms with E-state index >= 15 is 0 Å². The van der Waals surface area contributed by atoms with E-state index in [0.29, 0.717) is 17.4 Å². The van der Waals surface area contributed by atoms with Crippen molar-refractivity contribution in [1.82, 2.24) is 10.6 Å². The van der Waals surface area contributed by atoms with Gasteiger partial charge in [-0.3, -0.25) is 0 Å². The Bertz CT molecular complexity index is 646. The van der Waals surface area contributed by atoms with Gasteiger partial charge >= 0.3 is 6.03 Å². The van der Waals surface area contributed by atoms with E-state index in [9.17, 15) is 4.79 Å². The van der Waals surface area contributed by atoms with Crippen LogP contribution in [-0.2, 0) is 16.6 Å². The van der Waals surface area contributed by atoms with Gasteiger partial charge in [-0.2, -0.15) is 0 Å². The van der Waals surface area contributed by atoms with E-state index in [1.807, 2.05) is 0 Å². The molecule has 2 aliphatic carbocycles. The third-order valence-corrected chi connectivity index (χ3v) is 6.56. The predicted molar refractivity (Wildman–Crippen MR) is 87.4 cm³/mol. The average molecular weight is 312 g/mol. The number of urea groups is 1. The van der Waals surface area contributed by atoms with Crippen molar-refractivity contribution >= 4 is 6.03 Å². The normalized spacial score (nSPS) is 39.5. The first-order valence-corrected chi connectivity index (χ1v) is 9.03. The van der Waals surface area contributed by atoms with E-state index in [-0.39, 0.29) is 18.2 Å². The van der Waals surface area contributed by atoms with Crippen LogP contribution in [0.4, 0.5) is 4.79 Å². The van der Waals surface area contributed by atoms with Crippen LogP contribution in [-0.4, -0.2) is 30.8 Å². The van der Waals surface area contributed by atoms with Gasteiger partial charge in [0.2, 0.25) is 0 Å². The fourth-order valence-corrected chi connectivity index (χ4v) is 5.23. The zero-order valence-corrected chi connectivity index (χ0v) is 13.4. The van der Waals surface area contributed by atoms with Gasteiger partial charge in [0.1, 0.15) is 0 Å². The highest BCUT2D eigenvalue weighted by Crippen LogP contribution is 2.61. The number of ether oxygens (including phenoxy) is 1. The lowest BCUT2D eigenvalue weighted by molar-refractivity contribution is 0.0981. The average Bonchev–Trinajstić information content (AvgIpc) is 2.89. The minimum atomic E-state index is -0.0144.